The van der Waals surface area contributed by atoms with E-state index in [-0.39, 0.29) is 57.2 Å². The molecule has 5 rings (SSSR count). The predicted molar refractivity (Wildman–Crippen MR) is 173 cm³/mol. The zero-order valence-electron chi connectivity index (χ0n) is 26.1. The summed E-state index contributed by atoms with van der Waals surface area (Å²) < 4.78 is 0. The molecule has 2 aliphatic rings. The zero-order chi connectivity index (χ0) is 29.4. The van der Waals surface area contributed by atoms with Crippen LogP contribution in [0.15, 0.2) is 60.4 Å². The smallest absolute Gasteiger partial charge is 0.367 e. The molecule has 218 valence electrons. The maximum absolute atomic E-state index is 12.8. The third-order valence-corrected chi connectivity index (χ3v) is 7.86. The molecule has 3 heterocycles. The number of carbonyl (C=O) groups is 1. The van der Waals surface area contributed by atoms with Gasteiger partial charge in [0.2, 0.25) is 0 Å². The first-order valence-corrected chi connectivity index (χ1v) is 15.3. The normalized spacial score (nSPS) is 15.0. The number of halogens is 1. The average Bonchev–Trinajstić information content (AvgIpc) is 3.72. The molecule has 0 saturated carbocycles. The van der Waals surface area contributed by atoms with Gasteiger partial charge in [-0.15, -0.1) is 0 Å². The Morgan fingerprint density at radius 3 is 2.50 bits per heavy atom. The van der Waals surface area contributed by atoms with Crippen LogP contribution in [0.1, 0.15) is 74.5 Å². The molecule has 1 fully saturated rings. The Kier molecular flexibility index (Phi) is 13.9. The predicted octanol–water partition coefficient (Wildman–Crippen LogP) is 5.24. The Balaban J connectivity index is 0.000000315. The maximum atomic E-state index is 12.8. The summed E-state index contributed by atoms with van der Waals surface area (Å²) in [6.45, 7) is 7.61. The molecular weight excluding hydrogens is 569 g/mol. The second kappa shape index (κ2) is 16.8. The van der Waals surface area contributed by atoms with Crippen LogP contribution in [0.2, 0.25) is 5.02 Å². The van der Waals surface area contributed by atoms with Crippen LogP contribution in [0, 0.1) is 6.42 Å². The minimum absolute atomic E-state index is 0. The molecule has 1 N–H and O–H groups in total. The quantitative estimate of drug-likeness (QED) is 0.182. The number of Topliss-reactive ketones (excluding diaryl/α,β-unsaturated/α-hetero) is 1. The SMILES string of the molecule is CCC1CCCN1c1cc(Nc2ccc(N(C)C)nc2)c(C(=O)C2=C[CH-]2)cc1Cl.CCCc1cccnc1CCC.[K+]. The Hall–Kier alpha value is -1.87. The number of benzene rings is 1. The molecule has 1 aromatic carbocycles. The van der Waals surface area contributed by atoms with Crippen LogP contribution < -0.4 is 66.5 Å². The monoisotopic (exact) mass is 611 g/mol. The minimum atomic E-state index is -0.00714. The van der Waals surface area contributed by atoms with E-state index in [1.54, 1.807) is 12.3 Å². The molecule has 2 aromatic heterocycles. The van der Waals surface area contributed by atoms with E-state index in [2.05, 4.69) is 47.0 Å². The molecule has 6 nitrogen and oxygen atoms in total. The number of hydrogen-bond acceptors (Lipinski definition) is 6. The summed E-state index contributed by atoms with van der Waals surface area (Å²) in [5.74, 6) is 0.872. The van der Waals surface area contributed by atoms with Gasteiger partial charge >= 0.3 is 51.4 Å². The van der Waals surface area contributed by atoms with Crippen molar-refractivity contribution in [1.29, 1.82) is 0 Å². The number of ketones is 1. The topological polar surface area (TPSA) is 61.4 Å². The Bertz CT molecular complexity index is 1330. The van der Waals surface area contributed by atoms with E-state index in [9.17, 15) is 4.79 Å². The summed E-state index contributed by atoms with van der Waals surface area (Å²) in [6.07, 6.45) is 15.4. The van der Waals surface area contributed by atoms with Crippen molar-refractivity contribution in [3.05, 3.63) is 88.7 Å². The average molecular weight is 612 g/mol. The molecule has 1 aliphatic carbocycles. The Labute approximate surface area is 299 Å². The minimum Gasteiger partial charge on any atom is -0.367 e. The molecule has 8 heteroatoms. The van der Waals surface area contributed by atoms with Crippen LogP contribution >= 0.6 is 11.6 Å². The molecule has 1 saturated heterocycles. The maximum Gasteiger partial charge on any atom is 1.00 e. The van der Waals surface area contributed by atoms with Crippen molar-refractivity contribution in [3.8, 4) is 0 Å². The third kappa shape index (κ3) is 9.07. The molecule has 1 aliphatic heterocycles. The fourth-order valence-electron chi connectivity index (χ4n) is 5.31. The van der Waals surface area contributed by atoms with Gasteiger partial charge < -0.3 is 19.9 Å². The van der Waals surface area contributed by atoms with E-state index in [1.165, 1.54) is 36.9 Å². The molecule has 0 amide bonds. The van der Waals surface area contributed by atoms with Crippen LogP contribution in [-0.4, -0.2) is 42.4 Å². The van der Waals surface area contributed by atoms with Crippen LogP contribution in [0.5, 0.6) is 0 Å². The van der Waals surface area contributed by atoms with E-state index in [0.29, 0.717) is 16.6 Å². The number of carbonyl (C=O) groups excluding carboxylic acids is 1. The standard InChI is InChI=1S/C23H26ClN4O.C11H17N.K/c1-4-17-6-5-11-28(17)21-13-20(18(12-19(21)24)23(29)15-7-8-15)26-16-9-10-22(25-14-16)27(2)3;1-3-6-10-8-5-9-12-11(10)7-4-2;/h7-10,12-14,17,26H,4-6,11H2,1-3H3;5,8-9H,3-4,6-7H2,1-2H3;/q-1;;+1. The summed E-state index contributed by atoms with van der Waals surface area (Å²) in [7, 11) is 3.91. The first-order chi connectivity index (χ1) is 19.9. The van der Waals surface area contributed by atoms with Crippen molar-refractivity contribution < 1.29 is 56.2 Å². The molecular formula is C34H43ClKN5O. The number of allylic oxidation sites excluding steroid dienone is 2. The van der Waals surface area contributed by atoms with Crippen LogP contribution in [-0.2, 0) is 12.8 Å². The van der Waals surface area contributed by atoms with Crippen LogP contribution in [0.25, 0.3) is 0 Å². The van der Waals surface area contributed by atoms with Crippen molar-refractivity contribution in [3.63, 3.8) is 0 Å². The van der Waals surface area contributed by atoms with Gasteiger partial charge in [-0.1, -0.05) is 51.3 Å². The van der Waals surface area contributed by atoms with Gasteiger partial charge in [0, 0.05) is 44.3 Å². The van der Waals surface area contributed by atoms with Gasteiger partial charge in [-0.2, -0.15) is 5.57 Å². The molecule has 1 unspecified atom stereocenters. The number of nitrogens with zero attached hydrogens (tertiary/aromatic N) is 4. The summed E-state index contributed by atoms with van der Waals surface area (Å²) in [4.78, 5) is 26.0. The van der Waals surface area contributed by atoms with Gasteiger partial charge in [-0.05, 0) is 73.6 Å². The van der Waals surface area contributed by atoms with Crippen molar-refractivity contribution in [2.24, 2.45) is 0 Å². The van der Waals surface area contributed by atoms with Crippen molar-refractivity contribution in [2.75, 3.05) is 35.8 Å². The van der Waals surface area contributed by atoms with E-state index in [0.717, 1.165) is 54.3 Å². The second-order valence-corrected chi connectivity index (χ2v) is 11.3. The van der Waals surface area contributed by atoms with Crippen LogP contribution in [0.4, 0.5) is 22.9 Å². The van der Waals surface area contributed by atoms with E-state index < -0.39 is 0 Å². The third-order valence-electron chi connectivity index (χ3n) is 7.56. The van der Waals surface area contributed by atoms with Crippen molar-refractivity contribution >= 4 is 40.3 Å². The molecule has 1 atom stereocenters. The zero-order valence-corrected chi connectivity index (χ0v) is 30.0. The summed E-state index contributed by atoms with van der Waals surface area (Å²) in [6, 6.07) is 12.5. The molecule has 42 heavy (non-hydrogen) atoms. The van der Waals surface area contributed by atoms with Gasteiger partial charge in [-0.3, -0.25) is 4.98 Å². The van der Waals surface area contributed by atoms with E-state index in [1.807, 2.05) is 62.0 Å². The first-order valence-electron chi connectivity index (χ1n) is 14.9. The summed E-state index contributed by atoms with van der Waals surface area (Å²) >= 11 is 6.66. The Morgan fingerprint density at radius 1 is 1.12 bits per heavy atom. The number of aromatic nitrogens is 2. The van der Waals surface area contributed by atoms with E-state index >= 15 is 0 Å². The number of pyridine rings is 2. The van der Waals surface area contributed by atoms with Gasteiger partial charge in [0.1, 0.15) is 5.82 Å². The number of nitrogens with one attached hydrogen (secondary N) is 1. The number of aryl methyl sites for hydroxylation is 2. The number of rotatable bonds is 11. The van der Waals surface area contributed by atoms with Gasteiger partial charge in [0.05, 0.1) is 28.4 Å². The summed E-state index contributed by atoms with van der Waals surface area (Å²) in [5.41, 5.74) is 6.62. The fraction of sp³-hybridized carbons (Fsp3) is 0.412. The molecule has 0 radical (unpaired) electrons. The second-order valence-electron chi connectivity index (χ2n) is 10.9. The van der Waals surface area contributed by atoms with Crippen molar-refractivity contribution in [1.82, 2.24) is 9.97 Å². The van der Waals surface area contributed by atoms with Gasteiger partial charge in [0.15, 0.2) is 0 Å². The summed E-state index contributed by atoms with van der Waals surface area (Å²) in [5, 5.41) is 4.02. The number of hydrogen-bond donors (Lipinski definition) is 1. The molecule has 0 spiro atoms. The van der Waals surface area contributed by atoms with Gasteiger partial charge in [0.25, 0.3) is 0 Å². The van der Waals surface area contributed by atoms with Crippen LogP contribution in [0.3, 0.4) is 0 Å². The fourth-order valence-corrected chi connectivity index (χ4v) is 5.58. The van der Waals surface area contributed by atoms with Gasteiger partial charge in [-0.25, -0.2) is 17.5 Å². The molecule has 3 aromatic rings. The molecule has 0 bridgehead atoms. The largest absolute Gasteiger partial charge is 1.00 e. The van der Waals surface area contributed by atoms with E-state index in [4.69, 9.17) is 11.6 Å². The number of anilines is 4. The first kappa shape index (κ1) is 34.6. The Morgan fingerprint density at radius 2 is 1.88 bits per heavy atom. The van der Waals surface area contributed by atoms with Crippen molar-refractivity contribution in [2.45, 2.75) is 71.8 Å².